The Bertz CT molecular complexity index is 965. The van der Waals surface area contributed by atoms with E-state index < -0.39 is 0 Å². The number of rotatable bonds is 2. The van der Waals surface area contributed by atoms with Gasteiger partial charge in [0.25, 0.3) is 5.89 Å². The fourth-order valence-electron chi connectivity index (χ4n) is 2.90. The highest BCUT2D eigenvalue weighted by Crippen LogP contribution is 2.32. The molecule has 1 aliphatic rings. The zero-order chi connectivity index (χ0) is 15.8. The molecule has 1 heterocycles. The predicted molar refractivity (Wildman–Crippen MR) is 85.0 cm³/mol. The minimum absolute atomic E-state index is 0.391. The number of fused-ring (bicyclic) bond motifs is 1. The number of nitrogens with one attached hydrogen (secondary N) is 1. The fraction of sp³-hybridized carbons (Fsp3) is 0.111. The van der Waals surface area contributed by atoms with Gasteiger partial charge in [0.05, 0.1) is 11.6 Å². The van der Waals surface area contributed by atoms with E-state index in [1.807, 2.05) is 24.3 Å². The molecule has 0 saturated heterocycles. The third-order valence-corrected chi connectivity index (χ3v) is 4.03. The molecule has 0 amide bonds. The maximum absolute atomic E-state index is 8.99. The van der Waals surface area contributed by atoms with Crippen molar-refractivity contribution in [2.24, 2.45) is 0 Å². The first-order chi connectivity index (χ1) is 11.3. The summed E-state index contributed by atoms with van der Waals surface area (Å²) in [5.41, 5.74) is 4.93. The molecule has 1 N–H and O–H groups in total. The molecular weight excluding hydrogens is 288 g/mol. The molecule has 0 radical (unpaired) electrons. The number of nitrogens with zero attached hydrogens (tertiary/aromatic N) is 3. The van der Waals surface area contributed by atoms with Crippen LogP contribution in [0.1, 0.15) is 23.1 Å². The molecule has 0 aliphatic heterocycles. The monoisotopic (exact) mass is 300 g/mol. The van der Waals surface area contributed by atoms with E-state index in [0.717, 1.165) is 35.1 Å². The van der Waals surface area contributed by atoms with Crippen LogP contribution < -0.4 is 0 Å². The quantitative estimate of drug-likeness (QED) is 0.783. The Morgan fingerprint density at radius 3 is 2.78 bits per heavy atom. The second-order valence-corrected chi connectivity index (χ2v) is 5.43. The van der Waals surface area contributed by atoms with Gasteiger partial charge in [-0.3, -0.25) is 0 Å². The fourth-order valence-corrected chi connectivity index (χ4v) is 2.90. The molecule has 1 aromatic heterocycles. The lowest BCUT2D eigenvalue weighted by Crippen LogP contribution is -1.93. The summed E-state index contributed by atoms with van der Waals surface area (Å²) in [4.78, 5) is 4.47. The molecular formula is C18H12N4O. The highest BCUT2D eigenvalue weighted by molar-refractivity contribution is 6.03. The summed E-state index contributed by atoms with van der Waals surface area (Å²) in [6.45, 7) is 0. The van der Waals surface area contributed by atoms with Gasteiger partial charge in [-0.05, 0) is 42.2 Å². The van der Waals surface area contributed by atoms with Crippen molar-refractivity contribution in [3.05, 3.63) is 59.2 Å². The zero-order valence-corrected chi connectivity index (χ0v) is 12.2. The van der Waals surface area contributed by atoms with Crippen LogP contribution in [-0.2, 0) is 6.42 Å². The highest BCUT2D eigenvalue weighted by Gasteiger charge is 2.22. The van der Waals surface area contributed by atoms with Crippen LogP contribution in [0.15, 0.2) is 47.0 Å². The van der Waals surface area contributed by atoms with Crippen LogP contribution in [0.4, 0.5) is 0 Å². The molecule has 2 aromatic carbocycles. The molecule has 110 valence electrons. The molecule has 0 atom stereocenters. The minimum Gasteiger partial charge on any atom is -0.334 e. The normalized spacial score (nSPS) is 12.9. The van der Waals surface area contributed by atoms with Crippen molar-refractivity contribution >= 4 is 5.71 Å². The van der Waals surface area contributed by atoms with Gasteiger partial charge in [-0.25, -0.2) is 0 Å². The van der Waals surface area contributed by atoms with Gasteiger partial charge in [0.15, 0.2) is 0 Å². The molecule has 5 heteroatoms. The molecule has 0 unspecified atom stereocenters. The van der Waals surface area contributed by atoms with Crippen molar-refractivity contribution in [3.63, 3.8) is 0 Å². The van der Waals surface area contributed by atoms with Crippen LogP contribution in [0.5, 0.6) is 0 Å². The molecule has 0 fully saturated rings. The summed E-state index contributed by atoms with van der Waals surface area (Å²) >= 11 is 0. The summed E-state index contributed by atoms with van der Waals surface area (Å²) < 4.78 is 5.37. The van der Waals surface area contributed by atoms with E-state index in [2.05, 4.69) is 16.2 Å². The average molecular weight is 300 g/mol. The first-order valence-corrected chi connectivity index (χ1v) is 7.30. The van der Waals surface area contributed by atoms with E-state index in [9.17, 15) is 0 Å². The van der Waals surface area contributed by atoms with E-state index in [1.54, 1.807) is 18.2 Å². The number of benzene rings is 2. The molecule has 23 heavy (non-hydrogen) atoms. The SMILES string of the molecule is N#Cc1cccc(-c2nc(-c3cccc4c3CCC4=N)no2)c1. The average Bonchev–Trinajstić information content (AvgIpc) is 3.22. The van der Waals surface area contributed by atoms with Crippen molar-refractivity contribution in [1.29, 1.82) is 10.7 Å². The Morgan fingerprint density at radius 1 is 1.09 bits per heavy atom. The summed E-state index contributed by atoms with van der Waals surface area (Å²) in [6.07, 6.45) is 1.58. The van der Waals surface area contributed by atoms with Gasteiger partial charge in [-0.2, -0.15) is 10.2 Å². The van der Waals surface area contributed by atoms with Crippen LogP contribution in [-0.4, -0.2) is 15.9 Å². The zero-order valence-electron chi connectivity index (χ0n) is 12.2. The van der Waals surface area contributed by atoms with Crippen LogP contribution >= 0.6 is 0 Å². The van der Waals surface area contributed by atoms with Crippen molar-refractivity contribution in [3.8, 4) is 28.9 Å². The summed E-state index contributed by atoms with van der Waals surface area (Å²) in [7, 11) is 0. The van der Waals surface area contributed by atoms with Gasteiger partial charge in [0.2, 0.25) is 5.82 Å². The number of aromatic nitrogens is 2. The van der Waals surface area contributed by atoms with E-state index in [1.165, 1.54) is 0 Å². The molecule has 1 aliphatic carbocycles. The van der Waals surface area contributed by atoms with Crippen LogP contribution in [0.2, 0.25) is 0 Å². The van der Waals surface area contributed by atoms with E-state index in [4.69, 9.17) is 15.2 Å². The Labute approximate surface area is 132 Å². The largest absolute Gasteiger partial charge is 0.334 e. The first kappa shape index (κ1) is 13.4. The Hall–Kier alpha value is -3.26. The Morgan fingerprint density at radius 2 is 1.91 bits per heavy atom. The Kier molecular flexibility index (Phi) is 3.02. The van der Waals surface area contributed by atoms with Crippen LogP contribution in [0, 0.1) is 16.7 Å². The van der Waals surface area contributed by atoms with E-state index >= 15 is 0 Å². The third kappa shape index (κ3) is 2.21. The minimum atomic E-state index is 0.391. The third-order valence-electron chi connectivity index (χ3n) is 4.03. The van der Waals surface area contributed by atoms with Crippen molar-refractivity contribution in [1.82, 2.24) is 10.1 Å². The Balaban J connectivity index is 1.78. The molecule has 3 aromatic rings. The number of nitriles is 1. The van der Waals surface area contributed by atoms with Gasteiger partial charge >= 0.3 is 0 Å². The lowest BCUT2D eigenvalue weighted by Gasteiger charge is -2.03. The molecule has 0 spiro atoms. The second-order valence-electron chi connectivity index (χ2n) is 5.43. The van der Waals surface area contributed by atoms with E-state index in [0.29, 0.717) is 23.0 Å². The topological polar surface area (TPSA) is 86.6 Å². The maximum Gasteiger partial charge on any atom is 0.258 e. The number of hydrogen-bond acceptors (Lipinski definition) is 5. The lowest BCUT2D eigenvalue weighted by molar-refractivity contribution is 0.432. The maximum atomic E-state index is 8.99. The predicted octanol–water partition coefficient (Wildman–Crippen LogP) is 3.59. The van der Waals surface area contributed by atoms with Crippen molar-refractivity contribution < 1.29 is 4.52 Å². The lowest BCUT2D eigenvalue weighted by atomic mass is 10.0. The van der Waals surface area contributed by atoms with Crippen molar-refractivity contribution in [2.75, 3.05) is 0 Å². The molecule has 4 rings (SSSR count). The summed E-state index contributed by atoms with van der Waals surface area (Å²) in [6, 6.07) is 15.0. The molecule has 0 saturated carbocycles. The van der Waals surface area contributed by atoms with Gasteiger partial charge < -0.3 is 9.93 Å². The van der Waals surface area contributed by atoms with Gasteiger partial charge in [-0.15, -0.1) is 0 Å². The second kappa shape index (κ2) is 5.18. The van der Waals surface area contributed by atoms with Crippen LogP contribution in [0.3, 0.4) is 0 Å². The van der Waals surface area contributed by atoms with E-state index in [-0.39, 0.29) is 0 Å². The standard InChI is InChI=1S/C18H12N4O/c19-10-11-3-1-4-12(9-11)18-21-17(22-23-18)15-6-2-5-14-13(15)7-8-16(14)20/h1-6,9,20H,7-8H2. The smallest absolute Gasteiger partial charge is 0.258 e. The van der Waals surface area contributed by atoms with Gasteiger partial charge in [0, 0.05) is 16.8 Å². The first-order valence-electron chi connectivity index (χ1n) is 7.30. The molecule has 0 bridgehead atoms. The van der Waals surface area contributed by atoms with Gasteiger partial charge in [-0.1, -0.05) is 29.4 Å². The number of hydrogen-bond donors (Lipinski definition) is 1. The summed E-state index contributed by atoms with van der Waals surface area (Å²) in [5.74, 6) is 0.914. The molecule has 5 nitrogen and oxygen atoms in total. The highest BCUT2D eigenvalue weighted by atomic mass is 16.5. The van der Waals surface area contributed by atoms with Crippen molar-refractivity contribution in [2.45, 2.75) is 12.8 Å². The van der Waals surface area contributed by atoms with Crippen LogP contribution in [0.25, 0.3) is 22.8 Å². The summed E-state index contributed by atoms with van der Waals surface area (Å²) in [5, 5.41) is 21.0. The van der Waals surface area contributed by atoms with Gasteiger partial charge in [0.1, 0.15) is 0 Å².